The number of hydrogen-bond donors (Lipinski definition) is 1. The molecule has 1 aromatic carbocycles. The van der Waals surface area contributed by atoms with Gasteiger partial charge in [0.25, 0.3) is 0 Å². The lowest BCUT2D eigenvalue weighted by Gasteiger charge is -2.24. The number of nitrogens with one attached hydrogen (secondary N) is 1. The molecule has 0 radical (unpaired) electrons. The standard InChI is InChI=1S/C14H22Cl2N2O2S/c1-5-10(3)18(4)21(19,20)13-8-12(15)7-11(14(13)16)9-17-6-2/h7-8,10,17H,5-6,9H2,1-4H3. The largest absolute Gasteiger partial charge is 0.313 e. The van der Waals surface area contributed by atoms with Gasteiger partial charge in [0, 0.05) is 24.7 Å². The Hall–Kier alpha value is -0.330. The van der Waals surface area contributed by atoms with Crippen molar-refractivity contribution in [2.45, 2.75) is 44.7 Å². The van der Waals surface area contributed by atoms with Gasteiger partial charge in [0.2, 0.25) is 10.0 Å². The lowest BCUT2D eigenvalue weighted by molar-refractivity contribution is 0.380. The minimum atomic E-state index is -3.66. The summed E-state index contributed by atoms with van der Waals surface area (Å²) in [6.45, 7) is 7.00. The first kappa shape index (κ1) is 18.7. The van der Waals surface area contributed by atoms with Crippen LogP contribution in [0.5, 0.6) is 0 Å². The van der Waals surface area contributed by atoms with Gasteiger partial charge < -0.3 is 5.32 Å². The zero-order valence-electron chi connectivity index (χ0n) is 12.8. The maximum Gasteiger partial charge on any atom is 0.244 e. The number of halogens is 2. The van der Waals surface area contributed by atoms with Crippen LogP contribution in [-0.2, 0) is 16.6 Å². The SMILES string of the molecule is CCNCc1cc(Cl)cc(S(=O)(=O)N(C)C(C)CC)c1Cl. The normalized spacial score (nSPS) is 13.7. The summed E-state index contributed by atoms with van der Waals surface area (Å²) < 4.78 is 26.7. The Morgan fingerprint density at radius 1 is 1.29 bits per heavy atom. The van der Waals surface area contributed by atoms with Crippen molar-refractivity contribution < 1.29 is 8.42 Å². The number of benzene rings is 1. The summed E-state index contributed by atoms with van der Waals surface area (Å²) in [6, 6.07) is 2.99. The van der Waals surface area contributed by atoms with Gasteiger partial charge in [0.1, 0.15) is 4.90 Å². The Morgan fingerprint density at radius 3 is 2.43 bits per heavy atom. The molecule has 0 aromatic heterocycles. The molecule has 0 saturated heterocycles. The lowest BCUT2D eigenvalue weighted by atomic mass is 10.2. The van der Waals surface area contributed by atoms with Gasteiger partial charge in [-0.15, -0.1) is 0 Å². The van der Waals surface area contributed by atoms with Crippen LogP contribution in [0.25, 0.3) is 0 Å². The Morgan fingerprint density at radius 2 is 1.90 bits per heavy atom. The second-order valence-electron chi connectivity index (χ2n) is 4.94. The van der Waals surface area contributed by atoms with E-state index in [0.29, 0.717) is 17.1 Å². The van der Waals surface area contributed by atoms with Crippen molar-refractivity contribution in [3.63, 3.8) is 0 Å². The zero-order valence-corrected chi connectivity index (χ0v) is 15.1. The fourth-order valence-electron chi connectivity index (χ4n) is 1.84. The molecule has 0 heterocycles. The molecule has 0 amide bonds. The lowest BCUT2D eigenvalue weighted by Crippen LogP contribution is -2.35. The monoisotopic (exact) mass is 352 g/mol. The minimum absolute atomic E-state index is 0.0624. The molecule has 0 aliphatic heterocycles. The van der Waals surface area contributed by atoms with E-state index in [1.165, 1.54) is 10.4 Å². The van der Waals surface area contributed by atoms with Gasteiger partial charge >= 0.3 is 0 Å². The summed E-state index contributed by atoms with van der Waals surface area (Å²) in [4.78, 5) is 0.0624. The third-order valence-electron chi connectivity index (χ3n) is 3.51. The highest BCUT2D eigenvalue weighted by molar-refractivity contribution is 7.89. The molecule has 0 aliphatic rings. The van der Waals surface area contributed by atoms with Gasteiger partial charge in [0.05, 0.1) is 5.02 Å². The molecule has 0 bridgehead atoms. The zero-order chi connectivity index (χ0) is 16.2. The van der Waals surface area contributed by atoms with E-state index in [1.807, 2.05) is 20.8 Å². The Bertz CT molecular complexity index is 591. The maximum atomic E-state index is 12.7. The van der Waals surface area contributed by atoms with Crippen LogP contribution in [-0.4, -0.2) is 32.4 Å². The number of sulfonamides is 1. The molecule has 1 aromatic rings. The summed E-state index contributed by atoms with van der Waals surface area (Å²) in [5, 5.41) is 3.72. The van der Waals surface area contributed by atoms with Gasteiger partial charge in [-0.25, -0.2) is 8.42 Å². The van der Waals surface area contributed by atoms with Crippen molar-refractivity contribution in [2.75, 3.05) is 13.6 Å². The fraction of sp³-hybridized carbons (Fsp3) is 0.571. The van der Waals surface area contributed by atoms with Crippen molar-refractivity contribution in [1.82, 2.24) is 9.62 Å². The molecule has 1 rings (SSSR count). The Kier molecular flexibility index (Phi) is 6.94. The highest BCUT2D eigenvalue weighted by Gasteiger charge is 2.28. The molecule has 1 atom stereocenters. The second-order valence-corrected chi connectivity index (χ2v) is 7.72. The highest BCUT2D eigenvalue weighted by atomic mass is 35.5. The molecule has 0 fully saturated rings. The smallest absolute Gasteiger partial charge is 0.244 e. The van der Waals surface area contributed by atoms with E-state index in [1.54, 1.807) is 13.1 Å². The first-order valence-electron chi connectivity index (χ1n) is 6.92. The predicted octanol–water partition coefficient (Wildman–Crippen LogP) is 3.52. The summed E-state index contributed by atoms with van der Waals surface area (Å²) in [5.41, 5.74) is 0.683. The Balaban J connectivity index is 3.32. The number of hydrogen-bond acceptors (Lipinski definition) is 3. The summed E-state index contributed by atoms with van der Waals surface area (Å²) >= 11 is 12.3. The highest BCUT2D eigenvalue weighted by Crippen LogP contribution is 2.32. The van der Waals surface area contributed by atoms with Gasteiger partial charge in [-0.2, -0.15) is 4.31 Å². The van der Waals surface area contributed by atoms with Crippen LogP contribution in [0.1, 0.15) is 32.8 Å². The van der Waals surface area contributed by atoms with Crippen LogP contribution in [0.15, 0.2) is 17.0 Å². The quantitative estimate of drug-likeness (QED) is 0.816. The molecule has 1 unspecified atom stereocenters. The molecular weight excluding hydrogens is 331 g/mol. The van der Waals surface area contributed by atoms with Crippen molar-refractivity contribution in [2.24, 2.45) is 0 Å². The van der Waals surface area contributed by atoms with Crippen LogP contribution in [0.4, 0.5) is 0 Å². The average Bonchev–Trinajstić information content (AvgIpc) is 2.45. The second kappa shape index (κ2) is 7.79. The summed E-state index contributed by atoms with van der Waals surface area (Å²) in [6.07, 6.45) is 0.720. The molecule has 1 N–H and O–H groups in total. The Labute approximate surface area is 137 Å². The van der Waals surface area contributed by atoms with Crippen molar-refractivity contribution in [1.29, 1.82) is 0 Å². The van der Waals surface area contributed by atoms with Crippen LogP contribution in [0, 0.1) is 0 Å². The number of rotatable bonds is 7. The summed E-state index contributed by atoms with van der Waals surface area (Å²) in [7, 11) is -2.10. The van der Waals surface area contributed by atoms with E-state index >= 15 is 0 Å². The van der Waals surface area contributed by atoms with Crippen LogP contribution >= 0.6 is 23.2 Å². The average molecular weight is 353 g/mol. The van der Waals surface area contributed by atoms with Crippen molar-refractivity contribution in [3.05, 3.63) is 27.7 Å². The van der Waals surface area contributed by atoms with E-state index in [0.717, 1.165) is 13.0 Å². The molecule has 0 saturated carbocycles. The van der Waals surface area contributed by atoms with E-state index in [2.05, 4.69) is 5.32 Å². The van der Waals surface area contributed by atoms with Crippen LogP contribution in [0.2, 0.25) is 10.0 Å². The van der Waals surface area contributed by atoms with E-state index in [9.17, 15) is 8.42 Å². The molecular formula is C14H22Cl2N2O2S. The molecule has 120 valence electrons. The van der Waals surface area contributed by atoms with Gasteiger partial charge in [-0.3, -0.25) is 0 Å². The van der Waals surface area contributed by atoms with E-state index in [-0.39, 0.29) is 16.0 Å². The van der Waals surface area contributed by atoms with Crippen LogP contribution < -0.4 is 5.32 Å². The van der Waals surface area contributed by atoms with E-state index < -0.39 is 10.0 Å². The maximum absolute atomic E-state index is 12.7. The molecule has 0 spiro atoms. The molecule has 7 heteroatoms. The third kappa shape index (κ3) is 4.33. The summed E-state index contributed by atoms with van der Waals surface area (Å²) in [5.74, 6) is 0. The molecule has 21 heavy (non-hydrogen) atoms. The van der Waals surface area contributed by atoms with Crippen molar-refractivity contribution >= 4 is 33.2 Å². The van der Waals surface area contributed by atoms with E-state index in [4.69, 9.17) is 23.2 Å². The molecule has 0 aliphatic carbocycles. The van der Waals surface area contributed by atoms with Crippen LogP contribution in [0.3, 0.4) is 0 Å². The van der Waals surface area contributed by atoms with Gasteiger partial charge in [-0.05, 0) is 37.6 Å². The first-order chi connectivity index (χ1) is 9.75. The minimum Gasteiger partial charge on any atom is -0.313 e. The van der Waals surface area contributed by atoms with Gasteiger partial charge in [-0.1, -0.05) is 37.0 Å². The van der Waals surface area contributed by atoms with Crippen molar-refractivity contribution in [3.8, 4) is 0 Å². The topological polar surface area (TPSA) is 49.4 Å². The fourth-order valence-corrected chi connectivity index (χ4v) is 4.18. The molecule has 4 nitrogen and oxygen atoms in total. The third-order valence-corrected chi connectivity index (χ3v) is 6.29. The van der Waals surface area contributed by atoms with Gasteiger partial charge in [0.15, 0.2) is 0 Å². The first-order valence-corrected chi connectivity index (χ1v) is 9.11. The number of nitrogens with zero attached hydrogens (tertiary/aromatic N) is 1. The predicted molar refractivity (Wildman–Crippen MR) is 88.5 cm³/mol.